The van der Waals surface area contributed by atoms with Crippen LogP contribution in [0.25, 0.3) is 0 Å². The monoisotopic (exact) mass is 202 g/mol. The molecule has 0 aromatic rings. The van der Waals surface area contributed by atoms with Gasteiger partial charge in [0.05, 0.1) is 12.7 Å². The molecule has 0 fully saturated rings. The van der Waals surface area contributed by atoms with Crippen LogP contribution in [-0.2, 0) is 9.53 Å². The van der Waals surface area contributed by atoms with Crippen molar-refractivity contribution in [2.45, 2.75) is 52.6 Å². The molecule has 0 amide bonds. The fourth-order valence-corrected chi connectivity index (χ4v) is 1.00. The van der Waals surface area contributed by atoms with Crippen molar-refractivity contribution in [3.8, 4) is 0 Å². The van der Waals surface area contributed by atoms with E-state index in [4.69, 9.17) is 4.74 Å². The number of rotatable bonds is 7. The third kappa shape index (κ3) is 6.89. The number of hydrogen-bond acceptors (Lipinski definition) is 3. The molecule has 14 heavy (non-hydrogen) atoms. The van der Waals surface area contributed by atoms with Gasteiger partial charge < -0.3 is 9.84 Å². The molecular formula is C11H22O3. The van der Waals surface area contributed by atoms with Crippen LogP contribution in [0.1, 0.15) is 46.5 Å². The fourth-order valence-electron chi connectivity index (χ4n) is 1.00. The van der Waals surface area contributed by atoms with E-state index in [-0.39, 0.29) is 11.9 Å². The quantitative estimate of drug-likeness (QED) is 0.508. The van der Waals surface area contributed by atoms with Crippen molar-refractivity contribution < 1.29 is 14.6 Å². The lowest BCUT2D eigenvalue weighted by Crippen LogP contribution is -2.17. The lowest BCUT2D eigenvalue weighted by Gasteiger charge is -2.13. The van der Waals surface area contributed by atoms with Gasteiger partial charge in [-0.3, -0.25) is 4.79 Å². The molecule has 3 nitrogen and oxygen atoms in total. The zero-order chi connectivity index (χ0) is 11.0. The molecule has 0 spiro atoms. The van der Waals surface area contributed by atoms with Crippen molar-refractivity contribution in [3.05, 3.63) is 0 Å². The van der Waals surface area contributed by atoms with Crippen LogP contribution in [0.4, 0.5) is 0 Å². The van der Waals surface area contributed by atoms with Crippen molar-refractivity contribution >= 4 is 5.97 Å². The first-order chi connectivity index (χ1) is 6.57. The van der Waals surface area contributed by atoms with Gasteiger partial charge in [-0.25, -0.2) is 0 Å². The molecule has 0 aliphatic rings. The Morgan fingerprint density at radius 3 is 2.57 bits per heavy atom. The Morgan fingerprint density at radius 2 is 2.07 bits per heavy atom. The number of carbonyl (C=O) groups is 1. The summed E-state index contributed by atoms with van der Waals surface area (Å²) in [5.74, 6) is 0.0107. The van der Waals surface area contributed by atoms with Crippen LogP contribution in [0.3, 0.4) is 0 Å². The van der Waals surface area contributed by atoms with Crippen molar-refractivity contribution in [2.24, 2.45) is 5.92 Å². The van der Waals surface area contributed by atoms with Gasteiger partial charge in [-0.15, -0.1) is 0 Å². The first-order valence-electron chi connectivity index (χ1n) is 5.41. The normalized spacial score (nSPS) is 12.9. The average Bonchev–Trinajstić information content (AvgIpc) is 2.14. The summed E-state index contributed by atoms with van der Waals surface area (Å²) >= 11 is 0. The molecule has 0 saturated carbocycles. The van der Waals surface area contributed by atoms with Gasteiger partial charge in [0.2, 0.25) is 0 Å². The largest absolute Gasteiger partial charge is 0.466 e. The number of aliphatic hydroxyl groups excluding tert-OH is 1. The second-order valence-corrected chi connectivity index (χ2v) is 3.92. The van der Waals surface area contributed by atoms with E-state index in [1.165, 1.54) is 0 Å². The van der Waals surface area contributed by atoms with Crippen LogP contribution in [0.5, 0.6) is 0 Å². The van der Waals surface area contributed by atoms with Crippen molar-refractivity contribution in [1.82, 2.24) is 0 Å². The van der Waals surface area contributed by atoms with Gasteiger partial charge in [0, 0.05) is 6.42 Å². The van der Waals surface area contributed by atoms with Crippen LogP contribution < -0.4 is 0 Å². The summed E-state index contributed by atoms with van der Waals surface area (Å²) in [4.78, 5) is 11.1. The van der Waals surface area contributed by atoms with Crippen LogP contribution >= 0.6 is 0 Å². The summed E-state index contributed by atoms with van der Waals surface area (Å²) in [7, 11) is 0. The SMILES string of the molecule is CCCCOC(=O)CCC(O)C(C)C. The molecule has 3 heteroatoms. The number of ether oxygens (including phenoxy) is 1. The van der Waals surface area contributed by atoms with E-state index in [1.807, 2.05) is 13.8 Å². The maximum atomic E-state index is 11.1. The highest BCUT2D eigenvalue weighted by molar-refractivity contribution is 5.69. The van der Waals surface area contributed by atoms with E-state index >= 15 is 0 Å². The molecule has 0 aromatic heterocycles. The molecule has 1 N–H and O–H groups in total. The highest BCUT2D eigenvalue weighted by atomic mass is 16.5. The number of unbranched alkanes of at least 4 members (excludes halogenated alkanes) is 1. The molecule has 0 aliphatic heterocycles. The Balaban J connectivity index is 3.44. The number of carbonyl (C=O) groups excluding carboxylic acids is 1. The minimum atomic E-state index is -0.395. The molecular weight excluding hydrogens is 180 g/mol. The molecule has 0 heterocycles. The molecule has 0 rings (SSSR count). The first-order valence-corrected chi connectivity index (χ1v) is 5.41. The van der Waals surface area contributed by atoms with E-state index in [2.05, 4.69) is 6.92 Å². The standard InChI is InChI=1S/C11H22O3/c1-4-5-8-14-11(13)7-6-10(12)9(2)3/h9-10,12H,4-8H2,1-3H3. The van der Waals surface area contributed by atoms with Gasteiger partial charge in [0.25, 0.3) is 0 Å². The number of esters is 1. The second-order valence-electron chi connectivity index (χ2n) is 3.92. The molecule has 0 bridgehead atoms. The summed E-state index contributed by atoms with van der Waals surface area (Å²) in [6.07, 6.45) is 2.38. The highest BCUT2D eigenvalue weighted by Gasteiger charge is 2.11. The Kier molecular flexibility index (Phi) is 7.48. The number of aliphatic hydroxyl groups is 1. The molecule has 0 aliphatic carbocycles. The molecule has 1 unspecified atom stereocenters. The summed E-state index contributed by atoms with van der Waals surface area (Å²) in [6.45, 7) is 6.43. The third-order valence-corrected chi connectivity index (χ3v) is 2.17. The highest BCUT2D eigenvalue weighted by Crippen LogP contribution is 2.08. The van der Waals surface area contributed by atoms with Crippen LogP contribution in [0.15, 0.2) is 0 Å². The molecule has 1 atom stereocenters. The van der Waals surface area contributed by atoms with E-state index < -0.39 is 6.10 Å². The summed E-state index contributed by atoms with van der Waals surface area (Å²) in [5, 5.41) is 9.44. The zero-order valence-electron chi connectivity index (χ0n) is 9.45. The predicted octanol–water partition coefficient (Wildman–Crippen LogP) is 2.13. The zero-order valence-corrected chi connectivity index (χ0v) is 9.45. The van der Waals surface area contributed by atoms with Gasteiger partial charge in [-0.1, -0.05) is 27.2 Å². The van der Waals surface area contributed by atoms with Gasteiger partial charge >= 0.3 is 5.97 Å². The third-order valence-electron chi connectivity index (χ3n) is 2.17. The Morgan fingerprint density at radius 1 is 1.43 bits per heavy atom. The van der Waals surface area contributed by atoms with E-state index in [0.29, 0.717) is 19.4 Å². The summed E-state index contributed by atoms with van der Waals surface area (Å²) < 4.78 is 4.96. The van der Waals surface area contributed by atoms with Gasteiger partial charge in [0.1, 0.15) is 0 Å². The van der Waals surface area contributed by atoms with Crippen LogP contribution in [0, 0.1) is 5.92 Å². The van der Waals surface area contributed by atoms with E-state index in [9.17, 15) is 9.90 Å². The second kappa shape index (κ2) is 7.80. The Bertz CT molecular complexity index is 155. The molecule has 0 saturated heterocycles. The summed E-state index contributed by atoms with van der Waals surface area (Å²) in [5.41, 5.74) is 0. The molecule has 0 aromatic carbocycles. The van der Waals surface area contributed by atoms with Crippen molar-refractivity contribution in [1.29, 1.82) is 0 Å². The van der Waals surface area contributed by atoms with Gasteiger partial charge in [-0.05, 0) is 18.8 Å². The maximum Gasteiger partial charge on any atom is 0.305 e. The fraction of sp³-hybridized carbons (Fsp3) is 0.909. The Hall–Kier alpha value is -0.570. The minimum absolute atomic E-state index is 0.196. The lowest BCUT2D eigenvalue weighted by atomic mass is 10.0. The number of hydrogen-bond donors (Lipinski definition) is 1. The molecule has 0 radical (unpaired) electrons. The van der Waals surface area contributed by atoms with Crippen LogP contribution in [0.2, 0.25) is 0 Å². The lowest BCUT2D eigenvalue weighted by molar-refractivity contribution is -0.144. The van der Waals surface area contributed by atoms with Crippen molar-refractivity contribution in [3.63, 3.8) is 0 Å². The van der Waals surface area contributed by atoms with Gasteiger partial charge in [-0.2, -0.15) is 0 Å². The predicted molar refractivity (Wildman–Crippen MR) is 55.9 cm³/mol. The average molecular weight is 202 g/mol. The molecule has 84 valence electrons. The van der Waals surface area contributed by atoms with Crippen LogP contribution in [-0.4, -0.2) is 23.8 Å². The minimum Gasteiger partial charge on any atom is -0.466 e. The first kappa shape index (κ1) is 13.4. The van der Waals surface area contributed by atoms with E-state index in [0.717, 1.165) is 12.8 Å². The smallest absolute Gasteiger partial charge is 0.305 e. The Labute approximate surface area is 86.5 Å². The summed E-state index contributed by atoms with van der Waals surface area (Å²) in [6, 6.07) is 0. The topological polar surface area (TPSA) is 46.5 Å². The van der Waals surface area contributed by atoms with Crippen molar-refractivity contribution in [2.75, 3.05) is 6.61 Å². The van der Waals surface area contributed by atoms with E-state index in [1.54, 1.807) is 0 Å². The maximum absolute atomic E-state index is 11.1. The van der Waals surface area contributed by atoms with Gasteiger partial charge in [0.15, 0.2) is 0 Å².